The Hall–Kier alpha value is -5.81. The molecule has 47 heavy (non-hydrogen) atoms. The van der Waals surface area contributed by atoms with Crippen LogP contribution in [0.25, 0.3) is 11.1 Å². The fraction of sp³-hybridized carbons (Fsp3) is 0.0698. The molecule has 226 valence electrons. The van der Waals surface area contributed by atoms with E-state index in [1.807, 2.05) is 18.2 Å². The smallest absolute Gasteiger partial charge is 0.180 e. The van der Waals surface area contributed by atoms with Crippen LogP contribution in [0, 0.1) is 36.4 Å². The zero-order valence-corrected chi connectivity index (χ0v) is 27.4. The normalized spacial score (nSPS) is 12.1. The van der Waals surface area contributed by atoms with E-state index in [1.165, 1.54) is 32.9 Å². The fourth-order valence-electron chi connectivity index (χ4n) is 6.64. The number of fused-ring (bicyclic) bond motifs is 3. The van der Waals surface area contributed by atoms with Gasteiger partial charge in [-0.3, -0.25) is 0 Å². The number of ether oxygens (including phenoxy) is 2. The number of hydrogen-bond donors (Lipinski definition) is 0. The highest BCUT2D eigenvalue weighted by molar-refractivity contribution is 7.22. The van der Waals surface area contributed by atoms with Crippen LogP contribution in [-0.4, -0.2) is 22.3 Å². The van der Waals surface area contributed by atoms with Gasteiger partial charge in [0.05, 0.1) is 25.3 Å². The van der Waals surface area contributed by atoms with Crippen molar-refractivity contribution in [2.75, 3.05) is 14.2 Å². The first-order valence-electron chi connectivity index (χ1n) is 15.4. The Kier molecular flexibility index (Phi) is 7.96. The Labute approximate surface area is 276 Å². The Morgan fingerprint density at radius 1 is 0.511 bits per heavy atom. The van der Waals surface area contributed by atoms with Crippen LogP contribution in [0.15, 0.2) is 133 Å². The van der Waals surface area contributed by atoms with Crippen molar-refractivity contribution < 1.29 is 13.9 Å². The predicted molar refractivity (Wildman–Crippen MR) is 192 cm³/mol. The van der Waals surface area contributed by atoms with Crippen LogP contribution in [-0.2, 0) is 0 Å². The molecular weight excluding hydrogens is 596 g/mol. The van der Waals surface area contributed by atoms with Gasteiger partial charge in [-0.1, -0.05) is 103 Å². The summed E-state index contributed by atoms with van der Waals surface area (Å²) in [5.74, 6) is 14.4. The molecule has 0 saturated carbocycles. The van der Waals surface area contributed by atoms with Gasteiger partial charge in [0.1, 0.15) is 17.3 Å². The van der Waals surface area contributed by atoms with Crippen molar-refractivity contribution in [1.29, 1.82) is 0 Å². The molecule has 0 fully saturated rings. The van der Waals surface area contributed by atoms with Crippen LogP contribution >= 0.6 is 0 Å². The van der Waals surface area contributed by atoms with E-state index in [0.717, 1.165) is 39.1 Å². The molecule has 0 atom stereocenters. The first-order chi connectivity index (χ1) is 23.0. The summed E-state index contributed by atoms with van der Waals surface area (Å²) in [6, 6.07) is 44.8. The molecule has 0 spiro atoms. The predicted octanol–water partition coefficient (Wildman–Crippen LogP) is 6.31. The van der Waals surface area contributed by atoms with E-state index in [-0.39, 0.29) is 5.82 Å². The maximum Gasteiger partial charge on any atom is 0.180 e. The minimum absolute atomic E-state index is 0.317. The van der Waals surface area contributed by atoms with Gasteiger partial charge in [0.25, 0.3) is 0 Å². The Balaban J connectivity index is 1.54. The molecule has 7 rings (SSSR count). The molecule has 0 unspecified atom stereocenters. The number of rotatable bonds is 4. The molecule has 1 heterocycles. The molecular formula is C43H31FO2Si. The van der Waals surface area contributed by atoms with E-state index in [9.17, 15) is 4.39 Å². The van der Waals surface area contributed by atoms with Crippen molar-refractivity contribution in [3.63, 3.8) is 0 Å². The quantitative estimate of drug-likeness (QED) is 0.169. The summed E-state index contributed by atoms with van der Waals surface area (Å²) in [7, 11) is 0.455. The van der Waals surface area contributed by atoms with E-state index in [1.54, 1.807) is 20.3 Å². The van der Waals surface area contributed by atoms with E-state index in [4.69, 9.17) is 9.47 Å². The number of hydrogen-bond acceptors (Lipinski definition) is 2. The second-order valence-corrected chi connectivity index (χ2v) is 15.3. The van der Waals surface area contributed by atoms with Gasteiger partial charge in [-0.05, 0) is 99.0 Å². The van der Waals surface area contributed by atoms with E-state index in [2.05, 4.69) is 128 Å². The van der Waals surface area contributed by atoms with Crippen molar-refractivity contribution in [2.45, 2.75) is 6.92 Å². The van der Waals surface area contributed by atoms with Crippen LogP contribution in [0.4, 0.5) is 4.39 Å². The maximum absolute atomic E-state index is 14.0. The molecule has 4 heteroatoms. The molecule has 0 aliphatic carbocycles. The molecule has 1 aliphatic rings. The van der Waals surface area contributed by atoms with E-state index in [0.29, 0.717) is 11.3 Å². The van der Waals surface area contributed by atoms with Gasteiger partial charge in [0, 0.05) is 11.1 Å². The summed E-state index contributed by atoms with van der Waals surface area (Å²) in [4.78, 5) is 0. The van der Waals surface area contributed by atoms with Crippen LogP contribution in [0.3, 0.4) is 0 Å². The topological polar surface area (TPSA) is 18.5 Å². The van der Waals surface area contributed by atoms with Gasteiger partial charge >= 0.3 is 0 Å². The Bertz CT molecular complexity index is 2090. The first kappa shape index (κ1) is 29.9. The van der Waals surface area contributed by atoms with Crippen molar-refractivity contribution in [1.82, 2.24) is 0 Å². The summed E-state index contributed by atoms with van der Waals surface area (Å²) in [6.45, 7) is 2.07. The Morgan fingerprint density at radius 3 is 1.47 bits per heavy atom. The van der Waals surface area contributed by atoms with Gasteiger partial charge in [-0.15, -0.1) is 0 Å². The fourth-order valence-corrected chi connectivity index (χ4v) is 11.8. The molecule has 0 amide bonds. The summed E-state index contributed by atoms with van der Waals surface area (Å²) < 4.78 is 25.9. The van der Waals surface area contributed by atoms with Crippen LogP contribution < -0.4 is 30.2 Å². The molecule has 0 radical (unpaired) electrons. The van der Waals surface area contributed by atoms with Crippen molar-refractivity contribution in [3.8, 4) is 46.3 Å². The number of methoxy groups -OCH3 is 2. The highest BCUT2D eigenvalue weighted by Crippen LogP contribution is 2.36. The summed E-state index contributed by atoms with van der Waals surface area (Å²) in [5, 5.41) is 4.95. The molecule has 6 aromatic carbocycles. The first-order valence-corrected chi connectivity index (χ1v) is 17.4. The van der Waals surface area contributed by atoms with Gasteiger partial charge in [0.15, 0.2) is 8.07 Å². The summed E-state index contributed by atoms with van der Waals surface area (Å²) >= 11 is 0. The van der Waals surface area contributed by atoms with Crippen LogP contribution in [0.1, 0.15) is 27.8 Å². The lowest BCUT2D eigenvalue weighted by atomic mass is 10.0. The second kappa shape index (κ2) is 12.5. The maximum atomic E-state index is 14.0. The average molecular weight is 627 g/mol. The largest absolute Gasteiger partial charge is 0.495 e. The molecule has 0 bridgehead atoms. The third-order valence-corrected chi connectivity index (χ3v) is 13.6. The van der Waals surface area contributed by atoms with Gasteiger partial charge < -0.3 is 9.47 Å². The van der Waals surface area contributed by atoms with Crippen molar-refractivity contribution >= 4 is 28.8 Å². The zero-order valence-electron chi connectivity index (χ0n) is 26.4. The average Bonchev–Trinajstić information content (AvgIpc) is 3.38. The van der Waals surface area contributed by atoms with Crippen LogP contribution in [0.2, 0.25) is 0 Å². The summed E-state index contributed by atoms with van der Waals surface area (Å²) in [5.41, 5.74) is 6.49. The third-order valence-electron chi connectivity index (χ3n) is 8.72. The lowest BCUT2D eigenvalue weighted by Gasteiger charge is -2.31. The highest BCUT2D eigenvalue weighted by Gasteiger charge is 2.49. The SMILES string of the molecule is COc1cc2c(cc1C#Cc1cccc(C)c1)[Si](c1ccccc1)(c1ccccc1)c1cc(C#Cc3cccc(F)c3)c(OC)cc1-2. The highest BCUT2D eigenvalue weighted by atomic mass is 28.3. The van der Waals surface area contributed by atoms with Crippen molar-refractivity contribution in [3.05, 3.63) is 167 Å². The van der Waals surface area contributed by atoms with E-state index < -0.39 is 8.07 Å². The van der Waals surface area contributed by atoms with Gasteiger partial charge in [0.2, 0.25) is 0 Å². The van der Waals surface area contributed by atoms with Crippen molar-refractivity contribution in [2.24, 2.45) is 0 Å². The molecule has 1 aliphatic heterocycles. The summed E-state index contributed by atoms with van der Waals surface area (Å²) in [6.07, 6.45) is 0. The van der Waals surface area contributed by atoms with Crippen LogP contribution in [0.5, 0.6) is 11.5 Å². The zero-order chi connectivity index (χ0) is 32.4. The molecule has 0 saturated heterocycles. The number of aryl methyl sites for hydroxylation is 1. The minimum Gasteiger partial charge on any atom is -0.495 e. The lowest BCUT2D eigenvalue weighted by molar-refractivity contribution is 0.413. The van der Waals surface area contributed by atoms with E-state index >= 15 is 0 Å². The molecule has 6 aromatic rings. The molecule has 0 aromatic heterocycles. The number of halogens is 1. The monoisotopic (exact) mass is 626 g/mol. The second-order valence-electron chi connectivity index (χ2n) is 11.6. The lowest BCUT2D eigenvalue weighted by Crippen LogP contribution is -2.72. The van der Waals surface area contributed by atoms with Gasteiger partial charge in [-0.25, -0.2) is 4.39 Å². The molecule has 0 N–H and O–H groups in total. The Morgan fingerprint density at radius 2 is 1.00 bits per heavy atom. The third kappa shape index (κ3) is 5.40. The molecule has 2 nitrogen and oxygen atoms in total. The number of benzene rings is 6. The standard InChI is InChI=1S/C43H31FO2Si/c1-30-12-10-13-31(24-30)20-22-33-26-42-38(28-40(33)45-2)39-29-41(46-3)34(23-21-32-14-11-15-35(44)25-32)27-43(39)47(42,36-16-6-4-7-17-36)37-18-8-5-9-19-37/h4-19,24-29H,1-3H3. The minimum atomic E-state index is -2.90. The van der Waals surface area contributed by atoms with Gasteiger partial charge in [-0.2, -0.15) is 0 Å².